The topological polar surface area (TPSA) is 57.5 Å². The van der Waals surface area contributed by atoms with Gasteiger partial charge in [0.2, 0.25) is 5.60 Å². The maximum Gasteiger partial charge on any atom is 0.345 e. The fourth-order valence-corrected chi connectivity index (χ4v) is 2.15. The van der Waals surface area contributed by atoms with Crippen LogP contribution in [0.5, 0.6) is 0 Å². The number of carboxylic acid groups (broad SMARTS) is 1. The molecule has 0 heterocycles. The summed E-state index contributed by atoms with van der Waals surface area (Å²) in [6.45, 7) is 3.73. The number of hydrogen-bond acceptors (Lipinski definition) is 2. The molecule has 0 spiro atoms. The minimum atomic E-state index is -2.02. The number of aryl methyl sites for hydroxylation is 2. The Bertz CT molecular complexity index is 571. The van der Waals surface area contributed by atoms with Crippen molar-refractivity contribution in [2.24, 2.45) is 0 Å². The molecule has 2 aromatic carbocycles. The lowest BCUT2D eigenvalue weighted by molar-refractivity contribution is -0.155. The van der Waals surface area contributed by atoms with Gasteiger partial charge in [-0.2, -0.15) is 0 Å². The molecule has 3 heteroatoms. The first kappa shape index (κ1) is 13.3. The van der Waals surface area contributed by atoms with Gasteiger partial charge in [-0.15, -0.1) is 0 Å². The molecule has 0 saturated carbocycles. The zero-order valence-electron chi connectivity index (χ0n) is 10.9. The average molecular weight is 256 g/mol. The van der Waals surface area contributed by atoms with Crippen molar-refractivity contribution in [2.45, 2.75) is 19.4 Å². The first-order chi connectivity index (χ1) is 8.94. The number of aliphatic hydroxyl groups is 1. The lowest BCUT2D eigenvalue weighted by atomic mass is 9.85. The Morgan fingerprint density at radius 3 is 1.68 bits per heavy atom. The summed E-state index contributed by atoms with van der Waals surface area (Å²) in [6.07, 6.45) is 0. The van der Waals surface area contributed by atoms with E-state index in [1.807, 2.05) is 26.0 Å². The van der Waals surface area contributed by atoms with E-state index >= 15 is 0 Å². The first-order valence-electron chi connectivity index (χ1n) is 6.04. The van der Waals surface area contributed by atoms with E-state index in [0.29, 0.717) is 11.1 Å². The quantitative estimate of drug-likeness (QED) is 0.887. The van der Waals surface area contributed by atoms with E-state index in [1.54, 1.807) is 36.4 Å². The Balaban J connectivity index is 2.65. The molecule has 0 bridgehead atoms. The van der Waals surface area contributed by atoms with E-state index in [-0.39, 0.29) is 0 Å². The van der Waals surface area contributed by atoms with Gasteiger partial charge in [-0.25, -0.2) is 4.79 Å². The van der Waals surface area contributed by atoms with Crippen LogP contribution < -0.4 is 0 Å². The molecule has 19 heavy (non-hydrogen) atoms. The van der Waals surface area contributed by atoms with E-state index < -0.39 is 11.6 Å². The van der Waals surface area contributed by atoms with Crippen LogP contribution >= 0.6 is 0 Å². The Labute approximate surface area is 112 Å². The van der Waals surface area contributed by atoms with Gasteiger partial charge in [0.05, 0.1) is 0 Å². The average Bonchev–Trinajstić information content (AvgIpc) is 2.37. The maximum atomic E-state index is 11.6. The summed E-state index contributed by atoms with van der Waals surface area (Å²) in [5.41, 5.74) is 0.531. The molecule has 0 saturated heterocycles. The van der Waals surface area contributed by atoms with Gasteiger partial charge in [-0.3, -0.25) is 0 Å². The fraction of sp³-hybridized carbons (Fsp3) is 0.188. The van der Waals surface area contributed by atoms with Gasteiger partial charge in [0.25, 0.3) is 0 Å². The molecule has 0 aliphatic carbocycles. The molecule has 0 atom stereocenters. The van der Waals surface area contributed by atoms with Gasteiger partial charge in [0, 0.05) is 0 Å². The molecule has 0 aliphatic rings. The van der Waals surface area contributed by atoms with Crippen LogP contribution in [-0.2, 0) is 10.4 Å². The number of benzene rings is 2. The van der Waals surface area contributed by atoms with Crippen LogP contribution in [0.1, 0.15) is 22.3 Å². The third-order valence-electron chi connectivity index (χ3n) is 3.18. The number of rotatable bonds is 3. The van der Waals surface area contributed by atoms with Crippen LogP contribution in [0.15, 0.2) is 48.5 Å². The maximum absolute atomic E-state index is 11.6. The molecule has 98 valence electrons. The standard InChI is InChI=1S/C16H16O3/c1-11-5-3-7-13(9-11)16(19,15(17)18)14-8-4-6-12(2)10-14/h3-10,19H,1-2H3,(H,17,18). The van der Waals surface area contributed by atoms with E-state index in [1.165, 1.54) is 0 Å². The minimum absolute atomic E-state index is 0.366. The zero-order chi connectivity index (χ0) is 14.0. The van der Waals surface area contributed by atoms with Gasteiger partial charge in [-0.1, -0.05) is 59.7 Å². The molecule has 3 nitrogen and oxygen atoms in total. The number of aliphatic carboxylic acids is 1. The van der Waals surface area contributed by atoms with Crippen molar-refractivity contribution in [1.29, 1.82) is 0 Å². The molecular formula is C16H16O3. The second-order valence-electron chi connectivity index (χ2n) is 4.75. The largest absolute Gasteiger partial charge is 0.479 e. The summed E-state index contributed by atoms with van der Waals surface area (Å²) < 4.78 is 0. The Hall–Kier alpha value is -2.13. The molecule has 0 amide bonds. The number of carbonyl (C=O) groups is 1. The van der Waals surface area contributed by atoms with Crippen molar-refractivity contribution in [3.8, 4) is 0 Å². The van der Waals surface area contributed by atoms with Crippen molar-refractivity contribution in [3.63, 3.8) is 0 Å². The zero-order valence-corrected chi connectivity index (χ0v) is 10.9. The Morgan fingerprint density at radius 1 is 0.947 bits per heavy atom. The van der Waals surface area contributed by atoms with Crippen molar-refractivity contribution in [2.75, 3.05) is 0 Å². The predicted molar refractivity (Wildman–Crippen MR) is 73.0 cm³/mol. The van der Waals surface area contributed by atoms with Crippen LogP contribution in [0, 0.1) is 13.8 Å². The summed E-state index contributed by atoms with van der Waals surface area (Å²) in [5, 5.41) is 20.2. The van der Waals surface area contributed by atoms with E-state index in [9.17, 15) is 15.0 Å². The summed E-state index contributed by atoms with van der Waals surface area (Å²) in [4.78, 5) is 11.6. The lowest BCUT2D eigenvalue weighted by Crippen LogP contribution is -2.36. The first-order valence-corrected chi connectivity index (χ1v) is 6.04. The summed E-state index contributed by atoms with van der Waals surface area (Å²) in [6, 6.07) is 13.9. The molecule has 0 fully saturated rings. The van der Waals surface area contributed by atoms with Crippen LogP contribution in [0.4, 0.5) is 0 Å². The van der Waals surface area contributed by atoms with Gasteiger partial charge in [-0.05, 0) is 25.0 Å². The van der Waals surface area contributed by atoms with Gasteiger partial charge in [0.1, 0.15) is 0 Å². The van der Waals surface area contributed by atoms with E-state index in [2.05, 4.69) is 0 Å². The predicted octanol–water partition coefficient (Wildman–Crippen LogP) is 2.62. The van der Waals surface area contributed by atoms with E-state index in [0.717, 1.165) is 11.1 Å². The summed E-state index contributed by atoms with van der Waals surface area (Å²) >= 11 is 0. The highest BCUT2D eigenvalue weighted by Crippen LogP contribution is 2.31. The SMILES string of the molecule is Cc1cccc(C(O)(C(=O)O)c2cccc(C)c2)c1. The van der Waals surface area contributed by atoms with Gasteiger partial charge < -0.3 is 10.2 Å². The highest BCUT2D eigenvalue weighted by Gasteiger charge is 2.40. The molecule has 2 N–H and O–H groups in total. The number of hydrogen-bond donors (Lipinski definition) is 2. The molecule has 0 unspecified atom stereocenters. The molecule has 2 rings (SSSR count). The molecule has 0 radical (unpaired) electrons. The third kappa shape index (κ3) is 2.37. The van der Waals surface area contributed by atoms with Crippen LogP contribution in [0.3, 0.4) is 0 Å². The normalized spacial score (nSPS) is 11.3. The van der Waals surface area contributed by atoms with Crippen LogP contribution in [0.25, 0.3) is 0 Å². The fourth-order valence-electron chi connectivity index (χ4n) is 2.15. The second kappa shape index (κ2) is 4.86. The van der Waals surface area contributed by atoms with Crippen molar-refractivity contribution in [3.05, 3.63) is 70.8 Å². The second-order valence-corrected chi connectivity index (χ2v) is 4.75. The molecule has 2 aromatic rings. The van der Waals surface area contributed by atoms with Crippen molar-refractivity contribution >= 4 is 5.97 Å². The molecular weight excluding hydrogens is 240 g/mol. The lowest BCUT2D eigenvalue weighted by Gasteiger charge is -2.25. The molecule has 0 aliphatic heterocycles. The highest BCUT2D eigenvalue weighted by atomic mass is 16.4. The van der Waals surface area contributed by atoms with Crippen molar-refractivity contribution in [1.82, 2.24) is 0 Å². The monoisotopic (exact) mass is 256 g/mol. The third-order valence-corrected chi connectivity index (χ3v) is 3.18. The Morgan fingerprint density at radius 2 is 1.37 bits per heavy atom. The highest BCUT2D eigenvalue weighted by molar-refractivity contribution is 5.83. The van der Waals surface area contributed by atoms with Crippen LogP contribution in [-0.4, -0.2) is 16.2 Å². The number of carboxylic acids is 1. The van der Waals surface area contributed by atoms with Crippen molar-refractivity contribution < 1.29 is 15.0 Å². The van der Waals surface area contributed by atoms with Crippen LogP contribution in [0.2, 0.25) is 0 Å². The summed E-state index contributed by atoms with van der Waals surface area (Å²) in [5.74, 6) is -1.27. The van der Waals surface area contributed by atoms with E-state index in [4.69, 9.17) is 0 Å². The smallest absolute Gasteiger partial charge is 0.345 e. The Kier molecular flexibility index (Phi) is 3.40. The van der Waals surface area contributed by atoms with Gasteiger partial charge >= 0.3 is 5.97 Å². The molecule has 0 aromatic heterocycles. The minimum Gasteiger partial charge on any atom is -0.479 e. The van der Waals surface area contributed by atoms with Gasteiger partial charge in [0.15, 0.2) is 0 Å². The summed E-state index contributed by atoms with van der Waals surface area (Å²) in [7, 11) is 0.